The molecule has 1 fully saturated rings. The van der Waals surface area contributed by atoms with Crippen LogP contribution in [-0.4, -0.2) is 38.8 Å². The first kappa shape index (κ1) is 16.5. The van der Waals surface area contributed by atoms with E-state index >= 15 is 0 Å². The molecular formula is C16H16F3N3O2. The molecule has 0 spiro atoms. The second-order valence-electron chi connectivity index (χ2n) is 5.89. The van der Waals surface area contributed by atoms with Crippen molar-refractivity contribution in [1.82, 2.24) is 15.1 Å². The van der Waals surface area contributed by atoms with Gasteiger partial charge < -0.3 is 10.0 Å². The van der Waals surface area contributed by atoms with Gasteiger partial charge in [-0.3, -0.25) is 9.89 Å². The number of rotatable bonds is 2. The van der Waals surface area contributed by atoms with Crippen molar-refractivity contribution >= 4 is 5.91 Å². The third kappa shape index (κ3) is 3.01. The number of carbonyl (C=O) groups is 1. The van der Waals surface area contributed by atoms with Gasteiger partial charge in [-0.15, -0.1) is 0 Å². The van der Waals surface area contributed by atoms with Crippen LogP contribution < -0.4 is 0 Å². The number of nitrogens with zero attached hydrogens (tertiary/aromatic N) is 2. The van der Waals surface area contributed by atoms with Crippen molar-refractivity contribution in [3.8, 4) is 0 Å². The number of aromatic nitrogens is 2. The largest absolute Gasteiger partial charge is 0.416 e. The number of aliphatic hydroxyl groups is 1. The minimum Gasteiger partial charge on any atom is -0.391 e. The average molecular weight is 339 g/mol. The Balaban J connectivity index is 1.94. The summed E-state index contributed by atoms with van der Waals surface area (Å²) in [6.07, 6.45) is -3.65. The summed E-state index contributed by atoms with van der Waals surface area (Å²) in [6.45, 7) is 1.76. The molecule has 2 atom stereocenters. The number of alkyl halides is 3. The van der Waals surface area contributed by atoms with Gasteiger partial charge in [0.2, 0.25) is 0 Å². The summed E-state index contributed by atoms with van der Waals surface area (Å²) in [7, 11) is 0. The fraction of sp³-hybridized carbons (Fsp3) is 0.375. The maximum atomic E-state index is 12.9. The van der Waals surface area contributed by atoms with Gasteiger partial charge in [-0.05, 0) is 31.0 Å². The van der Waals surface area contributed by atoms with E-state index < -0.39 is 23.9 Å². The van der Waals surface area contributed by atoms with E-state index in [2.05, 4.69) is 10.2 Å². The predicted octanol–water partition coefficient (Wildman–Crippen LogP) is 2.69. The first-order valence-electron chi connectivity index (χ1n) is 7.43. The molecule has 2 aromatic rings. The Hall–Kier alpha value is -2.35. The van der Waals surface area contributed by atoms with E-state index in [9.17, 15) is 23.1 Å². The molecule has 128 valence electrons. The SMILES string of the molecule is Cc1[nH]ncc1C(=O)N1CC(O)CC1c1cccc(C(F)(F)F)c1. The van der Waals surface area contributed by atoms with Gasteiger partial charge in [-0.2, -0.15) is 18.3 Å². The van der Waals surface area contributed by atoms with Crippen LogP contribution in [0.1, 0.15) is 39.6 Å². The number of hydrogen-bond acceptors (Lipinski definition) is 3. The van der Waals surface area contributed by atoms with Gasteiger partial charge in [-0.1, -0.05) is 12.1 Å². The van der Waals surface area contributed by atoms with Crippen molar-refractivity contribution in [2.45, 2.75) is 31.7 Å². The molecule has 2 unspecified atom stereocenters. The number of halogens is 3. The highest BCUT2D eigenvalue weighted by Gasteiger charge is 2.38. The van der Waals surface area contributed by atoms with Crippen molar-refractivity contribution in [1.29, 1.82) is 0 Å². The molecule has 0 aliphatic carbocycles. The van der Waals surface area contributed by atoms with E-state index in [1.54, 1.807) is 13.0 Å². The molecule has 0 bridgehead atoms. The van der Waals surface area contributed by atoms with Crippen LogP contribution in [0.3, 0.4) is 0 Å². The fourth-order valence-electron chi connectivity index (χ4n) is 3.00. The maximum absolute atomic E-state index is 12.9. The molecule has 8 heteroatoms. The van der Waals surface area contributed by atoms with Gasteiger partial charge in [0, 0.05) is 12.2 Å². The molecule has 1 aromatic heterocycles. The Morgan fingerprint density at radius 2 is 2.17 bits per heavy atom. The second kappa shape index (κ2) is 5.94. The molecule has 1 aliphatic heterocycles. The van der Waals surface area contributed by atoms with Crippen LogP contribution in [0.5, 0.6) is 0 Å². The molecule has 1 aliphatic rings. The molecule has 3 rings (SSSR count). The highest BCUT2D eigenvalue weighted by atomic mass is 19.4. The fourth-order valence-corrected chi connectivity index (χ4v) is 3.00. The number of H-pyrrole nitrogens is 1. The van der Waals surface area contributed by atoms with E-state index in [1.165, 1.54) is 17.2 Å². The lowest BCUT2D eigenvalue weighted by molar-refractivity contribution is -0.137. The van der Waals surface area contributed by atoms with Crippen LogP contribution in [0, 0.1) is 6.92 Å². The highest BCUT2D eigenvalue weighted by Crippen LogP contribution is 2.37. The number of nitrogens with one attached hydrogen (secondary N) is 1. The van der Waals surface area contributed by atoms with Crippen LogP contribution >= 0.6 is 0 Å². The number of aliphatic hydroxyl groups excluding tert-OH is 1. The molecule has 1 amide bonds. The van der Waals surface area contributed by atoms with E-state index in [1.807, 2.05) is 0 Å². The number of carbonyl (C=O) groups excluding carboxylic acids is 1. The molecule has 0 saturated carbocycles. The highest BCUT2D eigenvalue weighted by molar-refractivity contribution is 5.95. The Bertz CT molecular complexity index is 757. The van der Waals surface area contributed by atoms with Crippen LogP contribution in [0.25, 0.3) is 0 Å². The summed E-state index contributed by atoms with van der Waals surface area (Å²) in [6, 6.07) is 4.27. The van der Waals surface area contributed by atoms with Crippen LogP contribution in [0.15, 0.2) is 30.5 Å². The van der Waals surface area contributed by atoms with E-state index in [0.29, 0.717) is 16.8 Å². The van der Waals surface area contributed by atoms with Crippen molar-refractivity contribution < 1.29 is 23.1 Å². The number of likely N-dealkylation sites (tertiary alicyclic amines) is 1. The zero-order valence-corrected chi connectivity index (χ0v) is 12.8. The summed E-state index contributed by atoms with van der Waals surface area (Å²) in [4.78, 5) is 14.1. The first-order chi connectivity index (χ1) is 11.3. The van der Waals surface area contributed by atoms with E-state index in [4.69, 9.17) is 0 Å². The molecular weight excluding hydrogens is 323 g/mol. The smallest absolute Gasteiger partial charge is 0.391 e. The lowest BCUT2D eigenvalue weighted by Crippen LogP contribution is -2.32. The molecule has 5 nitrogen and oxygen atoms in total. The Kier molecular flexibility index (Phi) is 4.08. The maximum Gasteiger partial charge on any atom is 0.416 e. The molecule has 24 heavy (non-hydrogen) atoms. The molecule has 2 N–H and O–H groups in total. The number of β-amino-alcohol motifs (C(OH)–C–C–N with tert-alkyl or cyclic N) is 1. The molecule has 1 saturated heterocycles. The van der Waals surface area contributed by atoms with Gasteiger partial charge in [0.05, 0.1) is 29.5 Å². The molecule has 1 aromatic carbocycles. The number of hydrogen-bond donors (Lipinski definition) is 2. The monoisotopic (exact) mass is 339 g/mol. The molecule has 2 heterocycles. The van der Waals surface area contributed by atoms with Crippen LogP contribution in [-0.2, 0) is 6.18 Å². The zero-order valence-electron chi connectivity index (χ0n) is 12.8. The first-order valence-corrected chi connectivity index (χ1v) is 7.43. The van der Waals surface area contributed by atoms with Crippen molar-refractivity contribution in [3.05, 3.63) is 52.8 Å². The minimum atomic E-state index is -4.46. The van der Waals surface area contributed by atoms with Crippen molar-refractivity contribution in [2.24, 2.45) is 0 Å². The van der Waals surface area contributed by atoms with Crippen molar-refractivity contribution in [3.63, 3.8) is 0 Å². The lowest BCUT2D eigenvalue weighted by Gasteiger charge is -2.25. The second-order valence-corrected chi connectivity index (χ2v) is 5.89. The number of amides is 1. The van der Waals surface area contributed by atoms with Crippen molar-refractivity contribution in [2.75, 3.05) is 6.54 Å². The van der Waals surface area contributed by atoms with Gasteiger partial charge in [-0.25, -0.2) is 0 Å². The third-order valence-electron chi connectivity index (χ3n) is 4.20. The Labute approximate surface area is 136 Å². The quantitative estimate of drug-likeness (QED) is 0.884. The number of benzene rings is 1. The normalized spacial score (nSPS) is 21.3. The third-order valence-corrected chi connectivity index (χ3v) is 4.20. The topological polar surface area (TPSA) is 69.2 Å². The zero-order chi connectivity index (χ0) is 17.5. The van der Waals surface area contributed by atoms with Crippen LogP contribution in [0.2, 0.25) is 0 Å². The predicted molar refractivity (Wildman–Crippen MR) is 79.2 cm³/mol. The van der Waals surface area contributed by atoms with Crippen LogP contribution in [0.4, 0.5) is 13.2 Å². The summed E-state index contributed by atoms with van der Waals surface area (Å²) in [5, 5.41) is 16.4. The minimum absolute atomic E-state index is 0.0738. The Morgan fingerprint density at radius 3 is 2.79 bits per heavy atom. The standard InChI is InChI=1S/C16H16F3N3O2/c1-9-13(7-20-21-9)15(24)22-8-12(23)6-14(22)10-3-2-4-11(5-10)16(17,18)19/h2-5,7,12,14,23H,6,8H2,1H3,(H,20,21). The van der Waals surface area contributed by atoms with E-state index in [0.717, 1.165) is 12.1 Å². The summed E-state index contributed by atoms with van der Waals surface area (Å²) in [5.74, 6) is -0.361. The number of aryl methyl sites for hydroxylation is 1. The van der Waals surface area contributed by atoms with Gasteiger partial charge in [0.15, 0.2) is 0 Å². The summed E-state index contributed by atoms with van der Waals surface area (Å²) < 4.78 is 38.8. The van der Waals surface area contributed by atoms with E-state index in [-0.39, 0.29) is 18.9 Å². The number of aromatic amines is 1. The lowest BCUT2D eigenvalue weighted by atomic mass is 10.0. The average Bonchev–Trinajstić information content (AvgIpc) is 3.12. The van der Waals surface area contributed by atoms with Gasteiger partial charge in [0.25, 0.3) is 5.91 Å². The Morgan fingerprint density at radius 1 is 1.42 bits per heavy atom. The summed E-state index contributed by atoms with van der Waals surface area (Å²) in [5.41, 5.74) is 0.509. The summed E-state index contributed by atoms with van der Waals surface area (Å²) >= 11 is 0. The van der Waals surface area contributed by atoms with Gasteiger partial charge >= 0.3 is 6.18 Å². The molecule has 0 radical (unpaired) electrons. The van der Waals surface area contributed by atoms with Gasteiger partial charge in [0.1, 0.15) is 0 Å².